The summed E-state index contributed by atoms with van der Waals surface area (Å²) in [6, 6.07) is 0. The molecule has 0 aromatic rings. The minimum absolute atomic E-state index is 0.112. The quantitative estimate of drug-likeness (QED) is 0.706. The summed E-state index contributed by atoms with van der Waals surface area (Å²) >= 11 is 0. The first kappa shape index (κ1) is 16.4. The molecule has 0 spiro atoms. The Kier molecular flexibility index (Phi) is 3.39. The highest BCUT2D eigenvalue weighted by Gasteiger charge is 2.71. The molecule has 0 saturated heterocycles. The van der Waals surface area contributed by atoms with E-state index >= 15 is 0 Å². The van der Waals surface area contributed by atoms with Crippen LogP contribution in [-0.2, 0) is 4.79 Å². The van der Waals surface area contributed by atoms with Crippen LogP contribution in [0.3, 0.4) is 0 Å². The molecule has 0 aromatic heterocycles. The zero-order valence-electron chi connectivity index (χ0n) is 13.9. The molecular formula is C19H23F3O2. The molecule has 132 valence electrons. The van der Waals surface area contributed by atoms with Gasteiger partial charge in [-0.3, -0.25) is 4.79 Å². The van der Waals surface area contributed by atoms with Gasteiger partial charge in [-0.1, -0.05) is 12.5 Å². The number of allylic oxidation sites excluding steroid dienone is 4. The first-order chi connectivity index (χ1) is 11.2. The number of alkyl halides is 3. The monoisotopic (exact) mass is 340 g/mol. The Morgan fingerprint density at radius 2 is 1.88 bits per heavy atom. The third kappa shape index (κ3) is 1.97. The van der Waals surface area contributed by atoms with Crippen molar-refractivity contribution in [2.45, 2.75) is 70.1 Å². The van der Waals surface area contributed by atoms with Gasteiger partial charge in [-0.2, -0.15) is 13.2 Å². The standard InChI is InChI=1S/C19H23F3O2/c1-17-8-6-14-13-5-3-12(23)10-11(13)2-4-15(14)16(17)7-9-18(17,24)19(20,21)22/h10,15-16,24H,2-9H2,1H3/t15-,16+,17+,18?/m1/s1. The van der Waals surface area contributed by atoms with E-state index in [1.807, 2.05) is 0 Å². The molecular weight excluding hydrogens is 317 g/mol. The van der Waals surface area contributed by atoms with Gasteiger partial charge >= 0.3 is 6.18 Å². The molecule has 0 aromatic carbocycles. The molecule has 2 nitrogen and oxygen atoms in total. The summed E-state index contributed by atoms with van der Waals surface area (Å²) in [6.07, 6.45) is 1.28. The molecule has 4 atom stereocenters. The van der Waals surface area contributed by atoms with E-state index in [0.29, 0.717) is 25.7 Å². The van der Waals surface area contributed by atoms with E-state index < -0.39 is 17.2 Å². The minimum atomic E-state index is -4.57. The maximum Gasteiger partial charge on any atom is 0.417 e. The van der Waals surface area contributed by atoms with Crippen LogP contribution in [0.15, 0.2) is 22.8 Å². The summed E-state index contributed by atoms with van der Waals surface area (Å²) in [4.78, 5) is 11.7. The highest BCUT2D eigenvalue weighted by Crippen LogP contribution is 2.66. The second-order valence-corrected chi connectivity index (χ2v) is 8.21. The number of aliphatic hydroxyl groups is 1. The molecule has 0 bridgehead atoms. The summed E-state index contributed by atoms with van der Waals surface area (Å²) < 4.78 is 40.8. The largest absolute Gasteiger partial charge is 0.417 e. The van der Waals surface area contributed by atoms with Gasteiger partial charge in [0.25, 0.3) is 0 Å². The molecule has 0 radical (unpaired) electrons. The molecule has 2 saturated carbocycles. The van der Waals surface area contributed by atoms with Crippen molar-refractivity contribution in [3.63, 3.8) is 0 Å². The lowest BCUT2D eigenvalue weighted by atomic mass is 9.55. The Labute approximate surface area is 139 Å². The fourth-order valence-corrected chi connectivity index (χ4v) is 6.01. The van der Waals surface area contributed by atoms with Crippen LogP contribution in [0.2, 0.25) is 0 Å². The average molecular weight is 340 g/mol. The van der Waals surface area contributed by atoms with E-state index in [0.717, 1.165) is 24.8 Å². The number of carbonyl (C=O) groups excluding carboxylic acids is 1. The number of carbonyl (C=O) groups is 1. The fraction of sp³-hybridized carbons (Fsp3) is 0.737. The van der Waals surface area contributed by atoms with Gasteiger partial charge in [0.15, 0.2) is 11.4 Å². The molecule has 24 heavy (non-hydrogen) atoms. The normalized spacial score (nSPS) is 42.4. The Bertz CT molecular complexity index is 660. The van der Waals surface area contributed by atoms with E-state index in [2.05, 4.69) is 0 Å². The topological polar surface area (TPSA) is 37.3 Å². The van der Waals surface area contributed by atoms with E-state index in [-0.39, 0.29) is 24.0 Å². The van der Waals surface area contributed by atoms with Gasteiger partial charge < -0.3 is 5.11 Å². The summed E-state index contributed by atoms with van der Waals surface area (Å²) in [5.74, 6) is 0.195. The number of fused-ring (bicyclic) bond motifs is 4. The van der Waals surface area contributed by atoms with Crippen molar-refractivity contribution < 1.29 is 23.1 Å². The third-order valence-corrected chi connectivity index (χ3v) is 7.35. The summed E-state index contributed by atoms with van der Waals surface area (Å²) in [7, 11) is 0. The predicted octanol–water partition coefficient (Wildman–Crippen LogP) is 4.49. The number of hydrogen-bond donors (Lipinski definition) is 1. The SMILES string of the molecule is C[C@]12CCC3=C4CCC(=O)C=C4CC[C@H]3[C@@H]1CCC2(O)C(F)(F)F. The Morgan fingerprint density at radius 3 is 2.58 bits per heavy atom. The maximum atomic E-state index is 13.6. The van der Waals surface area contributed by atoms with Gasteiger partial charge in [-0.05, 0) is 74.0 Å². The van der Waals surface area contributed by atoms with E-state index in [9.17, 15) is 23.1 Å². The van der Waals surface area contributed by atoms with Gasteiger partial charge in [0, 0.05) is 11.8 Å². The van der Waals surface area contributed by atoms with Crippen molar-refractivity contribution in [3.05, 3.63) is 22.8 Å². The maximum absolute atomic E-state index is 13.6. The molecule has 5 heteroatoms. The van der Waals surface area contributed by atoms with Crippen LogP contribution < -0.4 is 0 Å². The first-order valence-corrected chi connectivity index (χ1v) is 8.92. The van der Waals surface area contributed by atoms with Crippen molar-refractivity contribution in [3.8, 4) is 0 Å². The van der Waals surface area contributed by atoms with Crippen LogP contribution in [0.1, 0.15) is 58.3 Å². The summed E-state index contributed by atoms with van der Waals surface area (Å²) in [5.41, 5.74) is -0.00000656. The lowest BCUT2D eigenvalue weighted by Gasteiger charge is -2.52. The summed E-state index contributed by atoms with van der Waals surface area (Å²) in [6.45, 7) is 1.65. The van der Waals surface area contributed by atoms with E-state index in [1.54, 1.807) is 13.0 Å². The van der Waals surface area contributed by atoms with Gasteiger partial charge in [0.1, 0.15) is 0 Å². The van der Waals surface area contributed by atoms with Gasteiger partial charge in [0.05, 0.1) is 0 Å². The van der Waals surface area contributed by atoms with Crippen LogP contribution in [0.5, 0.6) is 0 Å². The van der Waals surface area contributed by atoms with Crippen molar-refractivity contribution in [2.75, 3.05) is 0 Å². The van der Waals surface area contributed by atoms with Crippen LogP contribution >= 0.6 is 0 Å². The van der Waals surface area contributed by atoms with Crippen molar-refractivity contribution in [1.82, 2.24) is 0 Å². The molecule has 0 heterocycles. The molecule has 2 fully saturated rings. The second-order valence-electron chi connectivity index (χ2n) is 8.21. The third-order valence-electron chi connectivity index (χ3n) is 7.35. The van der Waals surface area contributed by atoms with E-state index in [1.165, 1.54) is 11.1 Å². The number of hydrogen-bond acceptors (Lipinski definition) is 2. The molecule has 1 N–H and O–H groups in total. The zero-order valence-corrected chi connectivity index (χ0v) is 13.9. The van der Waals surface area contributed by atoms with Gasteiger partial charge in [-0.15, -0.1) is 0 Å². The molecule has 0 aliphatic heterocycles. The molecule has 4 aliphatic rings. The number of rotatable bonds is 0. The van der Waals surface area contributed by atoms with Crippen LogP contribution in [0.25, 0.3) is 0 Å². The van der Waals surface area contributed by atoms with Crippen LogP contribution in [0, 0.1) is 17.3 Å². The number of halogens is 3. The Morgan fingerprint density at radius 1 is 1.12 bits per heavy atom. The van der Waals surface area contributed by atoms with Gasteiger partial charge in [0.2, 0.25) is 0 Å². The second kappa shape index (κ2) is 4.96. The summed E-state index contributed by atoms with van der Waals surface area (Å²) in [5, 5.41) is 10.5. The molecule has 0 amide bonds. The lowest BCUT2D eigenvalue weighted by molar-refractivity contribution is -0.298. The first-order valence-electron chi connectivity index (χ1n) is 8.92. The number of ketones is 1. The average Bonchev–Trinajstić information content (AvgIpc) is 2.79. The smallest absolute Gasteiger partial charge is 0.380 e. The van der Waals surface area contributed by atoms with Crippen molar-refractivity contribution in [2.24, 2.45) is 17.3 Å². The Balaban J connectivity index is 1.74. The molecule has 1 unspecified atom stereocenters. The van der Waals surface area contributed by atoms with Gasteiger partial charge in [-0.25, -0.2) is 0 Å². The highest BCUT2D eigenvalue weighted by molar-refractivity contribution is 5.93. The van der Waals surface area contributed by atoms with Crippen molar-refractivity contribution >= 4 is 5.78 Å². The Hall–Kier alpha value is -1.10. The fourth-order valence-electron chi connectivity index (χ4n) is 6.01. The van der Waals surface area contributed by atoms with E-state index in [4.69, 9.17) is 0 Å². The molecule has 4 aliphatic carbocycles. The minimum Gasteiger partial charge on any atom is -0.380 e. The predicted molar refractivity (Wildman–Crippen MR) is 83.1 cm³/mol. The van der Waals surface area contributed by atoms with Crippen LogP contribution in [0.4, 0.5) is 13.2 Å². The lowest BCUT2D eigenvalue weighted by Crippen LogP contribution is -2.57. The zero-order chi connectivity index (χ0) is 17.3. The van der Waals surface area contributed by atoms with Crippen LogP contribution in [-0.4, -0.2) is 22.7 Å². The highest BCUT2D eigenvalue weighted by atomic mass is 19.4. The van der Waals surface area contributed by atoms with Crippen molar-refractivity contribution in [1.29, 1.82) is 0 Å². The molecule has 4 rings (SSSR count).